The summed E-state index contributed by atoms with van der Waals surface area (Å²) in [6, 6.07) is 5.28. The number of thioether (sulfide) groups is 1. The Bertz CT molecular complexity index is 662. The Morgan fingerprint density at radius 3 is 2.81 bits per heavy atom. The molecule has 0 atom stereocenters. The van der Waals surface area contributed by atoms with E-state index >= 15 is 0 Å². The van der Waals surface area contributed by atoms with Gasteiger partial charge in [-0.15, -0.1) is 0 Å². The Hall–Kier alpha value is -1.53. The van der Waals surface area contributed by atoms with E-state index in [1.54, 1.807) is 12.1 Å². The van der Waals surface area contributed by atoms with Crippen molar-refractivity contribution in [2.75, 3.05) is 31.1 Å². The molecule has 0 aliphatic carbocycles. The monoisotopic (exact) mass is 305 g/mol. The molecule has 5 nitrogen and oxygen atoms in total. The summed E-state index contributed by atoms with van der Waals surface area (Å²) in [4.78, 5) is 18.4. The Morgan fingerprint density at radius 2 is 2.10 bits per heavy atom. The van der Waals surface area contributed by atoms with E-state index in [1.807, 2.05) is 29.3 Å². The molecule has 112 valence electrons. The van der Waals surface area contributed by atoms with Gasteiger partial charge in [0, 0.05) is 37.7 Å². The van der Waals surface area contributed by atoms with Crippen molar-refractivity contribution in [2.45, 2.75) is 13.5 Å². The first-order valence-electron chi connectivity index (χ1n) is 7.16. The number of aryl methyl sites for hydroxylation is 1. The molecule has 1 fully saturated rings. The number of imidazole rings is 1. The number of benzene rings is 1. The van der Waals surface area contributed by atoms with Gasteiger partial charge in [-0.05, 0) is 19.1 Å². The second-order valence-electron chi connectivity index (χ2n) is 5.24. The summed E-state index contributed by atoms with van der Waals surface area (Å²) >= 11 is 2.00. The van der Waals surface area contributed by atoms with Gasteiger partial charge >= 0.3 is 5.97 Å². The van der Waals surface area contributed by atoms with E-state index < -0.39 is 5.97 Å². The number of para-hydroxylation sites is 1. The van der Waals surface area contributed by atoms with Gasteiger partial charge < -0.3 is 9.67 Å². The van der Waals surface area contributed by atoms with Crippen molar-refractivity contribution in [3.05, 3.63) is 29.6 Å². The molecular formula is C15H19N3O2S. The lowest BCUT2D eigenvalue weighted by atomic mass is 10.2. The number of carbonyl (C=O) groups is 1. The van der Waals surface area contributed by atoms with E-state index in [1.165, 1.54) is 11.5 Å². The first kappa shape index (κ1) is 14.4. The molecular weight excluding hydrogens is 286 g/mol. The second-order valence-corrected chi connectivity index (χ2v) is 6.47. The minimum Gasteiger partial charge on any atom is -0.478 e. The van der Waals surface area contributed by atoms with Gasteiger partial charge in [-0.3, -0.25) is 4.90 Å². The second kappa shape index (κ2) is 6.07. The molecule has 0 spiro atoms. The highest BCUT2D eigenvalue weighted by atomic mass is 32.2. The molecule has 1 aromatic heterocycles. The van der Waals surface area contributed by atoms with Gasteiger partial charge in [0.05, 0.1) is 16.6 Å². The summed E-state index contributed by atoms with van der Waals surface area (Å²) in [6.45, 7) is 5.90. The van der Waals surface area contributed by atoms with Crippen LogP contribution in [0.2, 0.25) is 0 Å². The van der Waals surface area contributed by atoms with Crippen LogP contribution in [0.5, 0.6) is 0 Å². The number of nitrogens with zero attached hydrogens (tertiary/aromatic N) is 3. The van der Waals surface area contributed by atoms with Crippen molar-refractivity contribution in [1.82, 2.24) is 14.5 Å². The van der Waals surface area contributed by atoms with Crippen LogP contribution in [-0.4, -0.2) is 56.7 Å². The number of carboxylic acid groups (broad SMARTS) is 1. The van der Waals surface area contributed by atoms with Crippen molar-refractivity contribution in [3.8, 4) is 0 Å². The summed E-state index contributed by atoms with van der Waals surface area (Å²) in [5.41, 5.74) is 1.85. The standard InChI is InChI=1S/C15H19N3O2S/c1-11-16-13-4-2-3-12(15(19)20)14(13)18(11)6-5-17-7-9-21-10-8-17/h2-4H,5-10H2,1H3,(H,19,20). The van der Waals surface area contributed by atoms with E-state index in [0.717, 1.165) is 43.0 Å². The Labute approximate surface area is 128 Å². The predicted octanol–water partition coefficient (Wildman–Crippen LogP) is 2.09. The average Bonchev–Trinajstić information content (AvgIpc) is 2.81. The van der Waals surface area contributed by atoms with Gasteiger partial charge in [0.25, 0.3) is 0 Å². The Kier molecular flexibility index (Phi) is 4.17. The van der Waals surface area contributed by atoms with Gasteiger partial charge in [0.1, 0.15) is 5.82 Å². The molecule has 1 N–H and O–H groups in total. The van der Waals surface area contributed by atoms with Crippen molar-refractivity contribution in [1.29, 1.82) is 0 Å². The Balaban J connectivity index is 1.89. The lowest BCUT2D eigenvalue weighted by molar-refractivity contribution is 0.0698. The van der Waals surface area contributed by atoms with Crippen LogP contribution < -0.4 is 0 Å². The summed E-state index contributed by atoms with van der Waals surface area (Å²) in [6.07, 6.45) is 0. The van der Waals surface area contributed by atoms with Crippen LogP contribution in [0.25, 0.3) is 11.0 Å². The first-order valence-corrected chi connectivity index (χ1v) is 8.31. The van der Waals surface area contributed by atoms with E-state index in [-0.39, 0.29) is 0 Å². The molecule has 0 bridgehead atoms. The lowest BCUT2D eigenvalue weighted by Crippen LogP contribution is -2.35. The first-order chi connectivity index (χ1) is 10.2. The van der Waals surface area contributed by atoms with Gasteiger partial charge in [0.15, 0.2) is 0 Å². The molecule has 6 heteroatoms. The van der Waals surface area contributed by atoms with Crippen molar-refractivity contribution in [2.24, 2.45) is 0 Å². The molecule has 1 saturated heterocycles. The maximum Gasteiger partial charge on any atom is 0.337 e. The lowest BCUT2D eigenvalue weighted by Gasteiger charge is -2.26. The molecule has 1 aliphatic heterocycles. The van der Waals surface area contributed by atoms with Crippen LogP contribution in [0.3, 0.4) is 0 Å². The molecule has 21 heavy (non-hydrogen) atoms. The third kappa shape index (κ3) is 2.91. The molecule has 0 radical (unpaired) electrons. The molecule has 1 aromatic carbocycles. The van der Waals surface area contributed by atoms with Crippen LogP contribution in [0.15, 0.2) is 18.2 Å². The smallest absolute Gasteiger partial charge is 0.337 e. The summed E-state index contributed by atoms with van der Waals surface area (Å²) in [7, 11) is 0. The molecule has 3 rings (SSSR count). The molecule has 0 unspecified atom stereocenters. The quantitative estimate of drug-likeness (QED) is 0.937. The summed E-state index contributed by atoms with van der Waals surface area (Å²) in [5, 5.41) is 9.38. The fourth-order valence-corrected chi connectivity index (χ4v) is 3.79. The van der Waals surface area contributed by atoms with Crippen LogP contribution >= 0.6 is 11.8 Å². The number of aromatic nitrogens is 2. The normalized spacial score (nSPS) is 16.4. The fourth-order valence-electron chi connectivity index (χ4n) is 2.81. The fraction of sp³-hybridized carbons (Fsp3) is 0.467. The SMILES string of the molecule is Cc1nc2cccc(C(=O)O)c2n1CCN1CCSCC1. The van der Waals surface area contributed by atoms with Crippen molar-refractivity contribution >= 4 is 28.8 Å². The third-order valence-corrected chi connectivity index (χ3v) is 4.87. The number of hydrogen-bond donors (Lipinski definition) is 1. The highest BCUT2D eigenvalue weighted by Gasteiger charge is 2.17. The number of carboxylic acids is 1. The van der Waals surface area contributed by atoms with Crippen LogP contribution in [0.1, 0.15) is 16.2 Å². The maximum atomic E-state index is 11.4. The minimum atomic E-state index is -0.892. The largest absolute Gasteiger partial charge is 0.478 e. The molecule has 1 aliphatic rings. The summed E-state index contributed by atoms with van der Waals surface area (Å²) in [5.74, 6) is 2.36. The van der Waals surface area contributed by atoms with E-state index in [0.29, 0.717) is 5.56 Å². The molecule has 0 saturated carbocycles. The molecule has 2 aromatic rings. The number of aromatic carboxylic acids is 1. The zero-order valence-electron chi connectivity index (χ0n) is 12.1. The molecule has 0 amide bonds. The van der Waals surface area contributed by atoms with Crippen LogP contribution in [0.4, 0.5) is 0 Å². The van der Waals surface area contributed by atoms with Crippen molar-refractivity contribution in [3.63, 3.8) is 0 Å². The van der Waals surface area contributed by atoms with E-state index in [9.17, 15) is 9.90 Å². The van der Waals surface area contributed by atoms with Gasteiger partial charge in [-0.25, -0.2) is 9.78 Å². The van der Waals surface area contributed by atoms with Crippen LogP contribution in [0, 0.1) is 6.92 Å². The van der Waals surface area contributed by atoms with Gasteiger partial charge in [-0.1, -0.05) is 6.07 Å². The van der Waals surface area contributed by atoms with E-state index in [2.05, 4.69) is 9.88 Å². The van der Waals surface area contributed by atoms with Crippen molar-refractivity contribution < 1.29 is 9.90 Å². The topological polar surface area (TPSA) is 58.4 Å². The van der Waals surface area contributed by atoms with Gasteiger partial charge in [0.2, 0.25) is 0 Å². The van der Waals surface area contributed by atoms with E-state index in [4.69, 9.17) is 0 Å². The zero-order valence-corrected chi connectivity index (χ0v) is 12.9. The number of fused-ring (bicyclic) bond motifs is 1. The summed E-state index contributed by atoms with van der Waals surface area (Å²) < 4.78 is 2.04. The maximum absolute atomic E-state index is 11.4. The number of hydrogen-bond acceptors (Lipinski definition) is 4. The third-order valence-electron chi connectivity index (χ3n) is 3.93. The van der Waals surface area contributed by atoms with Crippen LogP contribution in [-0.2, 0) is 6.54 Å². The average molecular weight is 305 g/mol. The zero-order chi connectivity index (χ0) is 14.8. The molecule has 2 heterocycles. The predicted molar refractivity (Wildman–Crippen MR) is 85.2 cm³/mol. The Morgan fingerprint density at radius 1 is 1.33 bits per heavy atom. The highest BCUT2D eigenvalue weighted by Crippen LogP contribution is 2.21. The number of rotatable bonds is 4. The highest BCUT2D eigenvalue weighted by molar-refractivity contribution is 7.99. The minimum absolute atomic E-state index is 0.335. The van der Waals surface area contributed by atoms with Gasteiger partial charge in [-0.2, -0.15) is 11.8 Å².